The van der Waals surface area contributed by atoms with Crippen LogP contribution in [0.25, 0.3) is 0 Å². The summed E-state index contributed by atoms with van der Waals surface area (Å²) in [6.45, 7) is 1.74. The second-order valence-corrected chi connectivity index (χ2v) is 5.42. The molecule has 0 saturated carbocycles. The van der Waals surface area contributed by atoms with Crippen LogP contribution in [0, 0.1) is 17.6 Å². The van der Waals surface area contributed by atoms with Gasteiger partial charge in [-0.3, -0.25) is 4.79 Å². The van der Waals surface area contributed by atoms with Crippen LogP contribution < -0.4 is 0 Å². The molecule has 0 amide bonds. The highest BCUT2D eigenvalue weighted by atomic mass is 32.2. The van der Waals surface area contributed by atoms with Crippen molar-refractivity contribution in [2.24, 2.45) is 13.0 Å². The van der Waals surface area contributed by atoms with Gasteiger partial charge in [-0.15, -0.1) is 10.2 Å². The number of carbonyl (C=O) groups excluding carboxylic acids is 1. The minimum absolute atomic E-state index is 0.176. The van der Waals surface area contributed by atoms with Crippen molar-refractivity contribution in [3.63, 3.8) is 0 Å². The molecule has 7 heteroatoms. The van der Waals surface area contributed by atoms with Gasteiger partial charge in [-0.25, -0.2) is 8.78 Å². The number of halogens is 2. The van der Waals surface area contributed by atoms with Gasteiger partial charge in [0.2, 0.25) is 0 Å². The molecule has 0 fully saturated rings. The second kappa shape index (κ2) is 6.13. The van der Waals surface area contributed by atoms with Gasteiger partial charge in [-0.2, -0.15) is 0 Å². The van der Waals surface area contributed by atoms with Gasteiger partial charge in [0.15, 0.2) is 22.6 Å². The molecule has 1 aromatic heterocycles. The van der Waals surface area contributed by atoms with E-state index in [1.165, 1.54) is 17.8 Å². The first-order valence-electron chi connectivity index (χ1n) is 5.95. The van der Waals surface area contributed by atoms with E-state index < -0.39 is 11.6 Å². The summed E-state index contributed by atoms with van der Waals surface area (Å²) in [6.07, 6.45) is 1.57. The Morgan fingerprint density at radius 1 is 1.40 bits per heavy atom. The fourth-order valence-corrected chi connectivity index (χ4v) is 2.52. The molecule has 2 rings (SSSR count). The molecule has 1 heterocycles. The maximum absolute atomic E-state index is 13.1. The van der Waals surface area contributed by atoms with Gasteiger partial charge in [-0.1, -0.05) is 18.7 Å². The van der Waals surface area contributed by atoms with Gasteiger partial charge < -0.3 is 4.57 Å². The van der Waals surface area contributed by atoms with Crippen molar-refractivity contribution in [3.8, 4) is 0 Å². The van der Waals surface area contributed by atoms with Gasteiger partial charge in [0.05, 0.1) is 0 Å². The topological polar surface area (TPSA) is 47.8 Å². The zero-order valence-electron chi connectivity index (χ0n) is 11.0. The van der Waals surface area contributed by atoms with Crippen molar-refractivity contribution in [1.29, 1.82) is 0 Å². The van der Waals surface area contributed by atoms with Crippen molar-refractivity contribution < 1.29 is 13.6 Å². The van der Waals surface area contributed by atoms with Gasteiger partial charge in [0.1, 0.15) is 6.33 Å². The molecule has 1 atom stereocenters. The third-order valence-electron chi connectivity index (χ3n) is 2.78. The van der Waals surface area contributed by atoms with Crippen molar-refractivity contribution >= 4 is 17.5 Å². The fraction of sp³-hybridized carbons (Fsp3) is 0.308. The smallest absolute Gasteiger partial charge is 0.190 e. The molecule has 2 aromatic rings. The van der Waals surface area contributed by atoms with Crippen molar-refractivity contribution in [2.45, 2.75) is 12.1 Å². The number of hydrogen-bond acceptors (Lipinski definition) is 4. The molecule has 0 bridgehead atoms. The summed E-state index contributed by atoms with van der Waals surface area (Å²) in [4.78, 5) is 12.1. The van der Waals surface area contributed by atoms with Crippen LogP contribution in [-0.2, 0) is 7.05 Å². The number of nitrogens with zero attached hydrogens (tertiary/aromatic N) is 3. The zero-order chi connectivity index (χ0) is 14.7. The van der Waals surface area contributed by atoms with E-state index in [2.05, 4.69) is 10.2 Å². The lowest BCUT2D eigenvalue weighted by Gasteiger charge is -2.10. The molecular weight excluding hydrogens is 284 g/mol. The predicted octanol–water partition coefficient (Wildman–Crippen LogP) is 2.70. The van der Waals surface area contributed by atoms with Crippen molar-refractivity contribution in [3.05, 3.63) is 41.7 Å². The Hall–Kier alpha value is -1.76. The van der Waals surface area contributed by atoms with Crippen LogP contribution in [0.1, 0.15) is 17.3 Å². The van der Waals surface area contributed by atoms with Crippen LogP contribution in [0.15, 0.2) is 29.7 Å². The van der Waals surface area contributed by atoms with Crippen molar-refractivity contribution in [2.75, 3.05) is 5.75 Å². The number of ketones is 1. The molecular formula is C13H13F2N3OS. The van der Waals surface area contributed by atoms with Crippen LogP contribution in [0.5, 0.6) is 0 Å². The average Bonchev–Trinajstić information content (AvgIpc) is 2.84. The molecule has 0 aliphatic carbocycles. The van der Waals surface area contributed by atoms with Gasteiger partial charge in [-0.05, 0) is 18.2 Å². The van der Waals surface area contributed by atoms with Crippen LogP contribution in [0.2, 0.25) is 0 Å². The number of aromatic nitrogens is 3. The number of thioether (sulfide) groups is 1. The number of rotatable bonds is 5. The lowest BCUT2D eigenvalue weighted by Crippen LogP contribution is -2.14. The first kappa shape index (κ1) is 14.6. The highest BCUT2D eigenvalue weighted by molar-refractivity contribution is 7.99. The lowest BCUT2D eigenvalue weighted by molar-refractivity contribution is 0.0941. The highest BCUT2D eigenvalue weighted by Gasteiger charge is 2.18. The maximum Gasteiger partial charge on any atom is 0.190 e. The van der Waals surface area contributed by atoms with Gasteiger partial charge >= 0.3 is 0 Å². The number of benzene rings is 1. The van der Waals surface area contributed by atoms with Crippen molar-refractivity contribution in [1.82, 2.24) is 14.8 Å². The first-order valence-corrected chi connectivity index (χ1v) is 6.93. The average molecular weight is 297 g/mol. The summed E-state index contributed by atoms with van der Waals surface area (Å²) in [5, 5.41) is 8.34. The summed E-state index contributed by atoms with van der Waals surface area (Å²) in [5.41, 5.74) is 0.176. The molecule has 0 saturated heterocycles. The van der Waals surface area contributed by atoms with E-state index in [1.54, 1.807) is 17.8 Å². The standard InChI is InChI=1S/C13H13F2N3OS/c1-8(6-20-13-17-16-7-18(13)2)12(19)9-3-4-10(14)11(15)5-9/h3-5,7-8H,6H2,1-2H3/t8-/m1/s1. The van der Waals surface area contributed by atoms with Crippen LogP contribution in [0.3, 0.4) is 0 Å². The minimum Gasteiger partial charge on any atom is -0.312 e. The molecule has 20 heavy (non-hydrogen) atoms. The van der Waals surface area contributed by atoms with E-state index >= 15 is 0 Å². The molecule has 0 aliphatic heterocycles. The highest BCUT2D eigenvalue weighted by Crippen LogP contribution is 2.20. The number of aryl methyl sites for hydroxylation is 1. The Morgan fingerprint density at radius 2 is 2.15 bits per heavy atom. The fourth-order valence-electron chi connectivity index (χ4n) is 1.61. The van der Waals surface area contributed by atoms with Crippen LogP contribution in [-0.4, -0.2) is 26.3 Å². The summed E-state index contributed by atoms with van der Waals surface area (Å²) in [7, 11) is 1.81. The zero-order valence-corrected chi connectivity index (χ0v) is 11.8. The molecule has 0 spiro atoms. The normalized spacial score (nSPS) is 12.4. The summed E-state index contributed by atoms with van der Waals surface area (Å²) in [5.74, 6) is -2.03. The van der Waals surface area contributed by atoms with Crippen LogP contribution >= 0.6 is 11.8 Å². The molecule has 0 aliphatic rings. The number of Topliss-reactive ketones (excluding diaryl/α,β-unsaturated/α-hetero) is 1. The number of carbonyl (C=O) groups is 1. The SMILES string of the molecule is C[C@H](CSc1nncn1C)C(=O)c1ccc(F)c(F)c1. The third kappa shape index (κ3) is 3.22. The molecule has 4 nitrogen and oxygen atoms in total. The monoisotopic (exact) mass is 297 g/mol. The predicted molar refractivity (Wildman–Crippen MR) is 71.6 cm³/mol. The van der Waals surface area contributed by atoms with E-state index in [-0.39, 0.29) is 17.3 Å². The van der Waals surface area contributed by atoms with E-state index in [0.29, 0.717) is 10.9 Å². The largest absolute Gasteiger partial charge is 0.312 e. The Bertz CT molecular complexity index is 630. The Morgan fingerprint density at radius 3 is 2.75 bits per heavy atom. The third-order valence-corrected chi connectivity index (χ3v) is 4.08. The summed E-state index contributed by atoms with van der Waals surface area (Å²) < 4.78 is 27.7. The van der Waals surface area contributed by atoms with Gasteiger partial charge in [0, 0.05) is 24.3 Å². The molecule has 0 unspecified atom stereocenters. The lowest BCUT2D eigenvalue weighted by atomic mass is 10.0. The maximum atomic E-state index is 13.1. The van der Waals surface area contributed by atoms with Gasteiger partial charge in [0.25, 0.3) is 0 Å². The van der Waals surface area contributed by atoms with Crippen LogP contribution in [0.4, 0.5) is 8.78 Å². The van der Waals surface area contributed by atoms with E-state index in [1.807, 2.05) is 7.05 Å². The molecule has 106 valence electrons. The van der Waals surface area contributed by atoms with E-state index in [9.17, 15) is 13.6 Å². The number of hydrogen-bond donors (Lipinski definition) is 0. The Labute approximate surface area is 119 Å². The van der Waals surface area contributed by atoms with E-state index in [4.69, 9.17) is 0 Å². The quantitative estimate of drug-likeness (QED) is 0.629. The first-order chi connectivity index (χ1) is 9.49. The Balaban J connectivity index is 2.01. The summed E-state index contributed by atoms with van der Waals surface area (Å²) >= 11 is 1.39. The Kier molecular flexibility index (Phi) is 4.49. The molecule has 1 aromatic carbocycles. The molecule has 0 N–H and O–H groups in total. The second-order valence-electron chi connectivity index (χ2n) is 4.43. The molecule has 0 radical (unpaired) electrons. The van der Waals surface area contributed by atoms with E-state index in [0.717, 1.165) is 12.1 Å². The summed E-state index contributed by atoms with van der Waals surface area (Å²) in [6, 6.07) is 3.19. The minimum atomic E-state index is -1.01.